The maximum atomic E-state index is 11.1. The van der Waals surface area contributed by atoms with Gasteiger partial charge in [-0.15, -0.1) is 0 Å². The van der Waals surface area contributed by atoms with E-state index < -0.39 is 9.05 Å². The molecule has 0 unspecified atom stereocenters. The predicted octanol–water partition coefficient (Wildman–Crippen LogP) is 2.68. The molecule has 2 rings (SSSR count). The lowest BCUT2D eigenvalue weighted by Crippen LogP contribution is -1.99. The van der Waals surface area contributed by atoms with Gasteiger partial charge in [-0.25, -0.2) is 8.42 Å². The third kappa shape index (κ3) is 3.50. The Bertz CT molecular complexity index is 529. The first-order chi connectivity index (χ1) is 7.96. The van der Waals surface area contributed by atoms with Crippen molar-refractivity contribution in [2.75, 3.05) is 13.2 Å². The van der Waals surface area contributed by atoms with Crippen LogP contribution in [0.5, 0.6) is 11.5 Å². The number of hydrogen-bond acceptors (Lipinski definition) is 4. The maximum Gasteiger partial charge on any atom is 0.236 e. The summed E-state index contributed by atoms with van der Waals surface area (Å²) in [4.78, 5) is 0. The molecule has 0 N–H and O–H groups in total. The largest absolute Gasteiger partial charge is 0.490 e. The quantitative estimate of drug-likeness (QED) is 0.776. The van der Waals surface area contributed by atoms with Gasteiger partial charge in [0.25, 0.3) is 0 Å². The van der Waals surface area contributed by atoms with Gasteiger partial charge in [0.1, 0.15) is 0 Å². The van der Waals surface area contributed by atoms with Crippen LogP contribution in [0, 0.1) is 0 Å². The van der Waals surface area contributed by atoms with Gasteiger partial charge in [-0.2, -0.15) is 0 Å². The number of hydrogen-bond donors (Lipinski definition) is 0. The van der Waals surface area contributed by atoms with Crippen LogP contribution in [0.15, 0.2) is 16.6 Å². The molecule has 7 heteroatoms. The number of ether oxygens (including phenoxy) is 2. The van der Waals surface area contributed by atoms with Gasteiger partial charge in [-0.3, -0.25) is 0 Å². The van der Waals surface area contributed by atoms with E-state index in [0.717, 1.165) is 6.42 Å². The molecule has 4 nitrogen and oxygen atoms in total. The first-order valence-electron chi connectivity index (χ1n) is 4.96. The molecule has 0 aliphatic carbocycles. The van der Waals surface area contributed by atoms with Crippen LogP contribution in [0.1, 0.15) is 12.0 Å². The van der Waals surface area contributed by atoms with Crippen LogP contribution in [0.4, 0.5) is 0 Å². The van der Waals surface area contributed by atoms with Crippen molar-refractivity contribution in [3.63, 3.8) is 0 Å². The van der Waals surface area contributed by atoms with Crippen molar-refractivity contribution in [1.29, 1.82) is 0 Å². The minimum absolute atomic E-state index is 0.244. The standard InChI is InChI=1S/C10H10BrClO4S/c11-8-5-10-9(15-2-1-3-16-10)4-7(8)6-17(12,13)14/h4-5H,1-3,6H2. The van der Waals surface area contributed by atoms with E-state index in [2.05, 4.69) is 15.9 Å². The van der Waals surface area contributed by atoms with E-state index in [1.54, 1.807) is 12.1 Å². The molecule has 0 saturated carbocycles. The molecule has 94 valence electrons. The van der Waals surface area contributed by atoms with Crippen molar-refractivity contribution in [2.45, 2.75) is 12.2 Å². The monoisotopic (exact) mass is 340 g/mol. The molecule has 1 aromatic rings. The molecule has 1 aromatic carbocycles. The van der Waals surface area contributed by atoms with E-state index in [1.807, 2.05) is 0 Å². The lowest BCUT2D eigenvalue weighted by atomic mass is 10.2. The van der Waals surface area contributed by atoms with E-state index in [1.165, 1.54) is 0 Å². The fourth-order valence-corrected chi connectivity index (χ4v) is 3.13. The summed E-state index contributed by atoms with van der Waals surface area (Å²) >= 11 is 3.29. The van der Waals surface area contributed by atoms with Gasteiger partial charge < -0.3 is 9.47 Å². The van der Waals surface area contributed by atoms with Crippen LogP contribution < -0.4 is 9.47 Å². The Morgan fingerprint density at radius 1 is 1.24 bits per heavy atom. The summed E-state index contributed by atoms with van der Waals surface area (Å²) in [6.45, 7) is 1.15. The van der Waals surface area contributed by atoms with Crippen molar-refractivity contribution >= 4 is 35.7 Å². The molecule has 0 radical (unpaired) electrons. The average Bonchev–Trinajstić information content (AvgIpc) is 2.41. The molecule has 0 saturated heterocycles. The summed E-state index contributed by atoms with van der Waals surface area (Å²) < 4.78 is 33.7. The lowest BCUT2D eigenvalue weighted by Gasteiger charge is -2.10. The van der Waals surface area contributed by atoms with E-state index in [9.17, 15) is 8.42 Å². The SMILES string of the molecule is O=S(=O)(Cl)Cc1cc2c(cc1Br)OCCCO2. The molecule has 0 amide bonds. The summed E-state index contributed by atoms with van der Waals surface area (Å²) in [6, 6.07) is 3.35. The third-order valence-corrected chi connectivity index (χ3v) is 3.97. The Balaban J connectivity index is 2.39. The predicted molar refractivity (Wildman–Crippen MR) is 68.2 cm³/mol. The van der Waals surface area contributed by atoms with E-state index in [-0.39, 0.29) is 5.75 Å². The minimum atomic E-state index is -3.59. The van der Waals surface area contributed by atoms with Gasteiger partial charge in [0.15, 0.2) is 11.5 Å². The zero-order valence-electron chi connectivity index (χ0n) is 8.78. The Morgan fingerprint density at radius 2 is 1.82 bits per heavy atom. The third-order valence-electron chi connectivity index (χ3n) is 2.24. The average molecular weight is 342 g/mol. The fraction of sp³-hybridized carbons (Fsp3) is 0.400. The zero-order chi connectivity index (χ0) is 12.5. The van der Waals surface area contributed by atoms with Crippen LogP contribution in [0.2, 0.25) is 0 Å². The van der Waals surface area contributed by atoms with Gasteiger partial charge in [0.05, 0.1) is 19.0 Å². The number of rotatable bonds is 2. The second-order valence-corrected chi connectivity index (χ2v) is 7.26. The van der Waals surface area contributed by atoms with Gasteiger partial charge in [0, 0.05) is 21.6 Å². The molecule has 0 atom stereocenters. The summed E-state index contributed by atoms with van der Waals surface area (Å²) in [5, 5.41) is 0. The zero-order valence-corrected chi connectivity index (χ0v) is 11.9. The first kappa shape index (κ1) is 13.0. The van der Waals surface area contributed by atoms with E-state index in [4.69, 9.17) is 20.2 Å². The molecular formula is C10H10BrClO4S. The normalized spacial score (nSPS) is 15.4. The smallest absolute Gasteiger partial charge is 0.236 e. The summed E-state index contributed by atoms with van der Waals surface area (Å²) in [5.74, 6) is 0.928. The van der Waals surface area contributed by atoms with Crippen molar-refractivity contribution in [1.82, 2.24) is 0 Å². The Morgan fingerprint density at radius 3 is 2.41 bits per heavy atom. The molecule has 1 heterocycles. The van der Waals surface area contributed by atoms with E-state index >= 15 is 0 Å². The van der Waals surface area contributed by atoms with Crippen molar-refractivity contribution in [2.24, 2.45) is 0 Å². The highest BCUT2D eigenvalue weighted by molar-refractivity contribution is 9.10. The highest BCUT2D eigenvalue weighted by Crippen LogP contribution is 2.36. The molecular weight excluding hydrogens is 332 g/mol. The Labute approximate surface area is 112 Å². The number of halogens is 2. The van der Waals surface area contributed by atoms with Crippen molar-refractivity contribution < 1.29 is 17.9 Å². The molecule has 0 spiro atoms. The van der Waals surface area contributed by atoms with Gasteiger partial charge in [0.2, 0.25) is 9.05 Å². The fourth-order valence-electron chi connectivity index (χ4n) is 1.52. The van der Waals surface area contributed by atoms with Crippen LogP contribution in [0.3, 0.4) is 0 Å². The van der Waals surface area contributed by atoms with Gasteiger partial charge in [-0.05, 0) is 17.7 Å². The molecule has 0 fully saturated rings. The number of fused-ring (bicyclic) bond motifs is 1. The summed E-state index contributed by atoms with van der Waals surface area (Å²) in [6.07, 6.45) is 0.801. The van der Waals surface area contributed by atoms with Crippen molar-refractivity contribution in [3.8, 4) is 11.5 Å². The first-order valence-corrected chi connectivity index (χ1v) is 8.23. The van der Waals surface area contributed by atoms with E-state index in [0.29, 0.717) is 34.7 Å². The van der Waals surface area contributed by atoms with Crippen LogP contribution in [0.25, 0.3) is 0 Å². The topological polar surface area (TPSA) is 52.6 Å². The Kier molecular flexibility index (Phi) is 3.85. The van der Waals surface area contributed by atoms with Crippen LogP contribution in [-0.4, -0.2) is 21.6 Å². The lowest BCUT2D eigenvalue weighted by molar-refractivity contribution is 0.297. The van der Waals surface area contributed by atoms with Crippen molar-refractivity contribution in [3.05, 3.63) is 22.2 Å². The highest BCUT2D eigenvalue weighted by atomic mass is 79.9. The van der Waals surface area contributed by atoms with Crippen LogP contribution in [-0.2, 0) is 14.8 Å². The second-order valence-electron chi connectivity index (χ2n) is 3.62. The van der Waals surface area contributed by atoms with Crippen LogP contribution >= 0.6 is 26.6 Å². The minimum Gasteiger partial charge on any atom is -0.490 e. The summed E-state index contributed by atoms with van der Waals surface area (Å²) in [5.41, 5.74) is 0.559. The number of benzene rings is 1. The molecule has 17 heavy (non-hydrogen) atoms. The molecule has 1 aliphatic rings. The van der Waals surface area contributed by atoms with Gasteiger partial charge in [-0.1, -0.05) is 15.9 Å². The Hall–Kier alpha value is -0.460. The molecule has 0 bridgehead atoms. The summed E-state index contributed by atoms with van der Waals surface area (Å²) in [7, 11) is 1.64. The van der Waals surface area contributed by atoms with Gasteiger partial charge >= 0.3 is 0 Å². The second kappa shape index (κ2) is 5.04. The maximum absolute atomic E-state index is 11.1. The highest BCUT2D eigenvalue weighted by Gasteiger charge is 2.17. The molecule has 0 aromatic heterocycles. The molecule has 1 aliphatic heterocycles.